The van der Waals surface area contributed by atoms with Crippen molar-refractivity contribution in [2.75, 3.05) is 26.7 Å². The number of nitrogens with zero attached hydrogens (tertiary/aromatic N) is 1. The van der Waals surface area contributed by atoms with Crippen LogP contribution in [0.3, 0.4) is 0 Å². The molecule has 6 nitrogen and oxygen atoms in total. The van der Waals surface area contributed by atoms with E-state index in [-0.39, 0.29) is 29.9 Å². The Bertz CT molecular complexity index is 1160. The summed E-state index contributed by atoms with van der Waals surface area (Å²) in [6, 6.07) is 10.3. The molecule has 1 aliphatic rings. The number of morpholine rings is 1. The lowest BCUT2D eigenvalue weighted by Gasteiger charge is -2.41. The molecule has 0 bridgehead atoms. The van der Waals surface area contributed by atoms with E-state index in [1.54, 1.807) is 7.05 Å². The molecule has 3 rings (SSSR count). The zero-order chi connectivity index (χ0) is 32.2. The van der Waals surface area contributed by atoms with Crippen molar-refractivity contribution >= 4 is 11.7 Å². The molecule has 12 heteroatoms. The van der Waals surface area contributed by atoms with E-state index in [0.29, 0.717) is 44.5 Å². The maximum Gasteiger partial charge on any atom is 0.416 e. The summed E-state index contributed by atoms with van der Waals surface area (Å²) in [5.41, 5.74) is -2.19. The van der Waals surface area contributed by atoms with E-state index in [0.717, 1.165) is 44.1 Å². The van der Waals surface area contributed by atoms with Gasteiger partial charge in [0.05, 0.1) is 30.4 Å². The summed E-state index contributed by atoms with van der Waals surface area (Å²) in [7, 11) is 1.60. The molecular weight excluding hydrogens is 590 g/mol. The fraction of sp³-hybridized carbons (Fsp3) is 0.562. The number of carbonyl (C=O) groups excluding carboxylic acids is 2. The van der Waals surface area contributed by atoms with Crippen LogP contribution in [0.1, 0.15) is 86.1 Å². The smallest absolute Gasteiger partial charge is 0.359 e. The number of ether oxygens (including phenoxy) is 2. The van der Waals surface area contributed by atoms with Crippen LogP contribution in [0.25, 0.3) is 0 Å². The van der Waals surface area contributed by atoms with Gasteiger partial charge in [-0.1, -0.05) is 43.2 Å². The molecule has 0 spiro atoms. The van der Waals surface area contributed by atoms with E-state index < -0.39 is 42.4 Å². The van der Waals surface area contributed by atoms with Gasteiger partial charge >= 0.3 is 12.4 Å². The highest BCUT2D eigenvalue weighted by Crippen LogP contribution is 2.37. The Labute approximate surface area is 254 Å². The summed E-state index contributed by atoms with van der Waals surface area (Å²) in [5.74, 6) is 0.203. The number of hydrogen-bond donors (Lipinski definition) is 1. The largest absolute Gasteiger partial charge is 0.416 e. The van der Waals surface area contributed by atoms with Crippen molar-refractivity contribution < 1.29 is 45.4 Å². The molecule has 0 aliphatic carbocycles. The van der Waals surface area contributed by atoms with Crippen LogP contribution in [0.2, 0.25) is 0 Å². The zero-order valence-corrected chi connectivity index (χ0v) is 24.8. The summed E-state index contributed by atoms with van der Waals surface area (Å²) >= 11 is 0. The van der Waals surface area contributed by atoms with Crippen molar-refractivity contribution in [3.63, 3.8) is 0 Å². The molecule has 244 valence electrons. The molecule has 0 saturated carbocycles. The number of benzene rings is 2. The average Bonchev–Trinajstić information content (AvgIpc) is 2.99. The lowest BCUT2D eigenvalue weighted by atomic mass is 10.0. The average molecular weight is 631 g/mol. The third-order valence-corrected chi connectivity index (χ3v) is 7.55. The Kier molecular flexibility index (Phi) is 13.7. The molecule has 1 amide bonds. The number of halogens is 6. The maximum atomic E-state index is 13.3. The second-order valence-electron chi connectivity index (χ2n) is 10.9. The number of hydrogen-bond acceptors (Lipinski definition) is 5. The van der Waals surface area contributed by atoms with Gasteiger partial charge in [0, 0.05) is 32.9 Å². The van der Waals surface area contributed by atoms with Crippen LogP contribution in [-0.2, 0) is 38.0 Å². The topological polar surface area (TPSA) is 67.9 Å². The highest BCUT2D eigenvalue weighted by Gasteiger charge is 2.38. The number of alkyl halides is 6. The van der Waals surface area contributed by atoms with Gasteiger partial charge in [-0.3, -0.25) is 14.5 Å². The highest BCUT2D eigenvalue weighted by atomic mass is 19.4. The first-order valence-corrected chi connectivity index (χ1v) is 14.9. The SMILES string of the molecule is CNC(=O)CCCCCC(=O)CCCCCN1CCO[C@H](OCc2cc(C(F)(F)F)cc(C(F)(F)F)c2)[C@H]1c1ccccc1. The number of amides is 1. The van der Waals surface area contributed by atoms with Gasteiger partial charge in [-0.05, 0) is 61.6 Å². The minimum atomic E-state index is -4.95. The van der Waals surface area contributed by atoms with Crippen LogP contribution in [0.15, 0.2) is 48.5 Å². The molecule has 1 fully saturated rings. The van der Waals surface area contributed by atoms with Crippen molar-refractivity contribution in [3.8, 4) is 0 Å². The summed E-state index contributed by atoms with van der Waals surface area (Å²) in [6.07, 6.45) is -4.64. The van der Waals surface area contributed by atoms with E-state index in [1.807, 2.05) is 30.3 Å². The molecule has 1 saturated heterocycles. The monoisotopic (exact) mass is 630 g/mol. The van der Waals surface area contributed by atoms with Crippen LogP contribution in [0.4, 0.5) is 26.3 Å². The fourth-order valence-electron chi connectivity index (χ4n) is 5.23. The minimum absolute atomic E-state index is 0.000719. The molecule has 44 heavy (non-hydrogen) atoms. The van der Waals surface area contributed by atoms with Crippen molar-refractivity contribution in [2.45, 2.75) is 89.1 Å². The van der Waals surface area contributed by atoms with Crippen LogP contribution in [0, 0.1) is 0 Å². The van der Waals surface area contributed by atoms with Gasteiger partial charge in [0.25, 0.3) is 0 Å². The molecule has 1 heterocycles. The number of rotatable bonds is 16. The van der Waals surface area contributed by atoms with Crippen LogP contribution >= 0.6 is 0 Å². The fourth-order valence-corrected chi connectivity index (χ4v) is 5.23. The first-order valence-electron chi connectivity index (χ1n) is 14.9. The zero-order valence-electron chi connectivity index (χ0n) is 24.8. The third-order valence-electron chi connectivity index (χ3n) is 7.55. The molecule has 1 N–H and O–H groups in total. The Balaban J connectivity index is 1.56. The lowest BCUT2D eigenvalue weighted by Crippen LogP contribution is -2.46. The summed E-state index contributed by atoms with van der Waals surface area (Å²) in [4.78, 5) is 25.6. The second kappa shape index (κ2) is 16.9. The first-order chi connectivity index (χ1) is 20.9. The standard InChI is InChI=1S/C32H40F6N2O4/c1-39-28(42)15-9-3-7-13-27(41)14-8-4-10-16-40-17-18-43-30(29(40)24-11-5-2-6-12-24)44-22-23-19-25(31(33,34)35)21-26(20-23)32(36,37)38/h2,5-6,11-12,19-21,29-30H,3-4,7-10,13-18,22H2,1H3,(H,39,42)/t29-,30-/m1/s1. The van der Waals surface area contributed by atoms with Gasteiger partial charge in [-0.25, -0.2) is 0 Å². The van der Waals surface area contributed by atoms with E-state index in [4.69, 9.17) is 9.47 Å². The van der Waals surface area contributed by atoms with E-state index in [9.17, 15) is 35.9 Å². The van der Waals surface area contributed by atoms with Crippen LogP contribution < -0.4 is 5.32 Å². The van der Waals surface area contributed by atoms with Gasteiger partial charge in [0.15, 0.2) is 6.29 Å². The third kappa shape index (κ3) is 11.5. The van der Waals surface area contributed by atoms with Crippen molar-refractivity contribution in [2.24, 2.45) is 0 Å². The number of unbranched alkanes of at least 4 members (excludes halogenated alkanes) is 4. The van der Waals surface area contributed by atoms with Gasteiger partial charge in [-0.2, -0.15) is 26.3 Å². The molecular formula is C32H40F6N2O4. The van der Waals surface area contributed by atoms with Gasteiger partial charge in [0.1, 0.15) is 5.78 Å². The molecule has 2 atom stereocenters. The van der Waals surface area contributed by atoms with Crippen molar-refractivity contribution in [3.05, 3.63) is 70.8 Å². The Morgan fingerprint density at radius 3 is 2.05 bits per heavy atom. The Morgan fingerprint density at radius 1 is 0.864 bits per heavy atom. The highest BCUT2D eigenvalue weighted by molar-refractivity contribution is 5.78. The summed E-state index contributed by atoms with van der Waals surface area (Å²) in [5, 5.41) is 2.58. The number of ketones is 1. The van der Waals surface area contributed by atoms with E-state index in [2.05, 4.69) is 10.2 Å². The van der Waals surface area contributed by atoms with Crippen LogP contribution in [0.5, 0.6) is 0 Å². The number of Topliss-reactive ketones (excluding diaryl/α,β-unsaturated/α-hetero) is 1. The van der Waals surface area contributed by atoms with Gasteiger partial charge in [-0.15, -0.1) is 0 Å². The van der Waals surface area contributed by atoms with E-state index >= 15 is 0 Å². The first kappa shape index (κ1) is 35.5. The number of nitrogens with one attached hydrogen (secondary N) is 1. The van der Waals surface area contributed by atoms with Crippen LogP contribution in [-0.4, -0.2) is 49.6 Å². The van der Waals surface area contributed by atoms with Crippen molar-refractivity contribution in [1.29, 1.82) is 0 Å². The second-order valence-corrected chi connectivity index (χ2v) is 10.9. The summed E-state index contributed by atoms with van der Waals surface area (Å²) in [6.45, 7) is 1.000. The number of carbonyl (C=O) groups is 2. The van der Waals surface area contributed by atoms with Gasteiger partial charge < -0.3 is 14.8 Å². The quantitative estimate of drug-likeness (QED) is 0.154. The predicted molar refractivity (Wildman–Crippen MR) is 152 cm³/mol. The minimum Gasteiger partial charge on any atom is -0.359 e. The molecule has 0 radical (unpaired) electrons. The molecule has 2 aromatic carbocycles. The molecule has 2 aromatic rings. The summed E-state index contributed by atoms with van der Waals surface area (Å²) < 4.78 is 91.7. The van der Waals surface area contributed by atoms with Crippen molar-refractivity contribution in [1.82, 2.24) is 10.2 Å². The maximum absolute atomic E-state index is 13.3. The van der Waals surface area contributed by atoms with Gasteiger partial charge in [0.2, 0.25) is 5.91 Å². The lowest BCUT2D eigenvalue weighted by molar-refractivity contribution is -0.216. The Hall–Kier alpha value is -2.96. The van der Waals surface area contributed by atoms with E-state index in [1.165, 1.54) is 0 Å². The normalized spacial score (nSPS) is 17.9. The molecule has 0 aromatic heterocycles. The molecule has 1 aliphatic heterocycles. The molecule has 0 unspecified atom stereocenters. The predicted octanol–water partition coefficient (Wildman–Crippen LogP) is 7.47. The Morgan fingerprint density at radius 2 is 1.45 bits per heavy atom.